The number of carbonyl (C=O) groups is 1. The topological polar surface area (TPSA) is 20.3 Å². The van der Waals surface area contributed by atoms with Gasteiger partial charge in [-0.3, -0.25) is 4.79 Å². The van der Waals surface area contributed by atoms with Crippen molar-refractivity contribution in [2.24, 2.45) is 17.8 Å². The molecule has 1 amide bonds. The SMILES string of the molecule is CC(=O)N(CC1CC1C1CC=CCC1)C(C)C. The molecule has 1 saturated carbocycles. The monoisotopic (exact) mass is 235 g/mol. The normalized spacial score (nSPS) is 31.6. The molecule has 0 aromatic heterocycles. The Hall–Kier alpha value is -0.790. The summed E-state index contributed by atoms with van der Waals surface area (Å²) in [5.74, 6) is 2.79. The van der Waals surface area contributed by atoms with Crippen LogP contribution >= 0.6 is 0 Å². The average Bonchev–Trinajstić information content (AvgIpc) is 3.05. The van der Waals surface area contributed by atoms with Crippen molar-refractivity contribution in [3.05, 3.63) is 12.2 Å². The van der Waals surface area contributed by atoms with E-state index in [-0.39, 0.29) is 5.91 Å². The number of hydrogen-bond acceptors (Lipinski definition) is 1. The molecular weight excluding hydrogens is 210 g/mol. The van der Waals surface area contributed by atoms with E-state index in [4.69, 9.17) is 0 Å². The highest BCUT2D eigenvalue weighted by atomic mass is 16.2. The maximum atomic E-state index is 11.5. The summed E-state index contributed by atoms with van der Waals surface area (Å²) in [6.07, 6.45) is 9.88. The predicted octanol–water partition coefficient (Wildman–Crippen LogP) is 3.24. The quantitative estimate of drug-likeness (QED) is 0.685. The molecule has 2 heteroatoms. The van der Waals surface area contributed by atoms with Gasteiger partial charge in [-0.2, -0.15) is 0 Å². The molecule has 3 unspecified atom stereocenters. The molecule has 2 rings (SSSR count). The summed E-state index contributed by atoms with van der Waals surface area (Å²) in [5, 5.41) is 0. The van der Waals surface area contributed by atoms with E-state index in [1.165, 1.54) is 25.7 Å². The highest BCUT2D eigenvalue weighted by Crippen LogP contribution is 2.48. The molecule has 0 aromatic rings. The lowest BCUT2D eigenvalue weighted by Crippen LogP contribution is -2.37. The van der Waals surface area contributed by atoms with Gasteiger partial charge >= 0.3 is 0 Å². The summed E-state index contributed by atoms with van der Waals surface area (Å²) < 4.78 is 0. The maximum absolute atomic E-state index is 11.5. The lowest BCUT2D eigenvalue weighted by molar-refractivity contribution is -0.130. The molecule has 2 aliphatic rings. The largest absolute Gasteiger partial charge is 0.340 e. The van der Waals surface area contributed by atoms with Gasteiger partial charge < -0.3 is 4.90 Å². The summed E-state index contributed by atoms with van der Waals surface area (Å²) in [7, 11) is 0. The van der Waals surface area contributed by atoms with Crippen molar-refractivity contribution >= 4 is 5.91 Å². The first kappa shape index (κ1) is 12.7. The second-order valence-electron chi connectivity index (χ2n) is 5.97. The van der Waals surface area contributed by atoms with Gasteiger partial charge in [-0.25, -0.2) is 0 Å². The van der Waals surface area contributed by atoms with Crippen molar-refractivity contribution in [3.8, 4) is 0 Å². The molecule has 0 N–H and O–H groups in total. The molecule has 0 saturated heterocycles. The Kier molecular flexibility index (Phi) is 3.90. The van der Waals surface area contributed by atoms with Gasteiger partial charge in [0.2, 0.25) is 5.91 Å². The van der Waals surface area contributed by atoms with Crippen LogP contribution in [0.4, 0.5) is 0 Å². The van der Waals surface area contributed by atoms with Crippen LogP contribution in [-0.2, 0) is 4.79 Å². The van der Waals surface area contributed by atoms with Gasteiger partial charge in [-0.15, -0.1) is 0 Å². The standard InChI is InChI=1S/C15H25NO/c1-11(2)16(12(3)17)10-14-9-15(14)13-7-5-4-6-8-13/h4-5,11,13-15H,6-10H2,1-3H3. The van der Waals surface area contributed by atoms with E-state index in [2.05, 4.69) is 26.0 Å². The van der Waals surface area contributed by atoms with Crippen LogP contribution in [0, 0.1) is 17.8 Å². The average molecular weight is 235 g/mol. The second kappa shape index (κ2) is 5.24. The third-order valence-electron chi connectivity index (χ3n) is 4.35. The van der Waals surface area contributed by atoms with E-state index >= 15 is 0 Å². The molecule has 2 nitrogen and oxygen atoms in total. The molecule has 17 heavy (non-hydrogen) atoms. The summed E-state index contributed by atoms with van der Waals surface area (Å²) in [5.41, 5.74) is 0. The number of carbonyl (C=O) groups excluding carboxylic acids is 1. The van der Waals surface area contributed by atoms with E-state index in [0.29, 0.717) is 6.04 Å². The summed E-state index contributed by atoms with van der Waals surface area (Å²) in [4.78, 5) is 13.6. The Labute approximate surface area is 105 Å². The first-order valence-corrected chi connectivity index (χ1v) is 7.01. The van der Waals surface area contributed by atoms with Crippen molar-refractivity contribution in [1.29, 1.82) is 0 Å². The fourth-order valence-electron chi connectivity index (χ4n) is 3.22. The van der Waals surface area contributed by atoms with Crippen molar-refractivity contribution in [2.75, 3.05) is 6.54 Å². The fraction of sp³-hybridized carbons (Fsp3) is 0.800. The molecule has 1 fully saturated rings. The zero-order valence-electron chi connectivity index (χ0n) is 11.4. The molecular formula is C15H25NO. The highest BCUT2D eigenvalue weighted by Gasteiger charge is 2.43. The van der Waals surface area contributed by atoms with Gasteiger partial charge in [-0.05, 0) is 57.3 Å². The third-order valence-corrected chi connectivity index (χ3v) is 4.35. The molecule has 0 radical (unpaired) electrons. The summed E-state index contributed by atoms with van der Waals surface area (Å²) in [6, 6.07) is 0.347. The Morgan fingerprint density at radius 3 is 2.71 bits per heavy atom. The number of rotatable bonds is 4. The summed E-state index contributed by atoms with van der Waals surface area (Å²) >= 11 is 0. The predicted molar refractivity (Wildman–Crippen MR) is 70.6 cm³/mol. The van der Waals surface area contributed by atoms with Gasteiger partial charge in [0.1, 0.15) is 0 Å². The maximum Gasteiger partial charge on any atom is 0.219 e. The molecule has 0 bridgehead atoms. The van der Waals surface area contributed by atoms with Crippen LogP contribution in [0.2, 0.25) is 0 Å². The van der Waals surface area contributed by atoms with Crippen LogP contribution in [0.1, 0.15) is 46.5 Å². The van der Waals surface area contributed by atoms with E-state index in [0.717, 1.165) is 24.3 Å². The minimum absolute atomic E-state index is 0.231. The van der Waals surface area contributed by atoms with Crippen LogP contribution in [0.25, 0.3) is 0 Å². The minimum atomic E-state index is 0.231. The van der Waals surface area contributed by atoms with Crippen molar-refractivity contribution in [3.63, 3.8) is 0 Å². The van der Waals surface area contributed by atoms with Crippen molar-refractivity contribution in [2.45, 2.75) is 52.5 Å². The van der Waals surface area contributed by atoms with E-state index in [1.54, 1.807) is 6.92 Å². The Balaban J connectivity index is 1.82. The molecule has 96 valence electrons. The van der Waals surface area contributed by atoms with Crippen LogP contribution < -0.4 is 0 Å². The first-order valence-electron chi connectivity index (χ1n) is 7.01. The molecule has 2 aliphatic carbocycles. The molecule has 3 atom stereocenters. The van der Waals surface area contributed by atoms with E-state index in [1.807, 2.05) is 4.90 Å². The smallest absolute Gasteiger partial charge is 0.219 e. The van der Waals surface area contributed by atoms with Gasteiger partial charge in [0, 0.05) is 19.5 Å². The van der Waals surface area contributed by atoms with Crippen molar-refractivity contribution < 1.29 is 4.79 Å². The number of allylic oxidation sites excluding steroid dienone is 2. The number of amides is 1. The van der Waals surface area contributed by atoms with E-state index in [9.17, 15) is 4.79 Å². The molecule has 0 heterocycles. The van der Waals surface area contributed by atoms with E-state index < -0.39 is 0 Å². The van der Waals surface area contributed by atoms with Crippen LogP contribution in [0.5, 0.6) is 0 Å². The summed E-state index contributed by atoms with van der Waals surface area (Å²) in [6.45, 7) is 6.91. The highest BCUT2D eigenvalue weighted by molar-refractivity contribution is 5.73. The van der Waals surface area contributed by atoms with Crippen LogP contribution in [0.3, 0.4) is 0 Å². The molecule has 0 spiro atoms. The Bertz CT molecular complexity index is 308. The number of nitrogens with zero attached hydrogens (tertiary/aromatic N) is 1. The van der Waals surface area contributed by atoms with Crippen LogP contribution in [0.15, 0.2) is 12.2 Å². The lowest BCUT2D eigenvalue weighted by atomic mass is 9.89. The first-order chi connectivity index (χ1) is 8.09. The molecule has 0 aromatic carbocycles. The Morgan fingerprint density at radius 2 is 2.18 bits per heavy atom. The molecule has 0 aliphatic heterocycles. The van der Waals surface area contributed by atoms with Gasteiger partial charge in [-0.1, -0.05) is 12.2 Å². The fourth-order valence-corrected chi connectivity index (χ4v) is 3.22. The number of hydrogen-bond donors (Lipinski definition) is 0. The Morgan fingerprint density at radius 1 is 1.41 bits per heavy atom. The van der Waals surface area contributed by atoms with Crippen LogP contribution in [-0.4, -0.2) is 23.4 Å². The minimum Gasteiger partial charge on any atom is -0.340 e. The third kappa shape index (κ3) is 3.11. The van der Waals surface area contributed by atoms with Gasteiger partial charge in [0.25, 0.3) is 0 Å². The lowest BCUT2D eigenvalue weighted by Gasteiger charge is -2.26. The van der Waals surface area contributed by atoms with Gasteiger partial charge in [0.15, 0.2) is 0 Å². The zero-order chi connectivity index (χ0) is 12.4. The van der Waals surface area contributed by atoms with Crippen molar-refractivity contribution in [1.82, 2.24) is 4.90 Å². The zero-order valence-corrected chi connectivity index (χ0v) is 11.4. The van der Waals surface area contributed by atoms with Gasteiger partial charge in [0.05, 0.1) is 0 Å². The second-order valence-corrected chi connectivity index (χ2v) is 5.97.